The van der Waals surface area contributed by atoms with E-state index >= 15 is 0 Å². The minimum Gasteiger partial charge on any atom is -0.457 e. The van der Waals surface area contributed by atoms with Crippen molar-refractivity contribution in [2.24, 2.45) is 0 Å². The standard InChI is InChI=1S/C40H70O4/c1-3-5-7-9-11-13-15-17-18-19-20-21-22-24-26-28-30-32-34-36-43-38-39(37-41)44-40(42)35-33-31-29-27-25-23-16-14-12-10-8-6-4-2/h6,8,12-15,18-19,23,25,39,41H,3-5,7,9-11,16-17,20-22,24,26-38H2,1-2H3/b8-6-,14-12-,15-13-,19-18-,25-23-. The molecule has 0 aliphatic rings. The van der Waals surface area contributed by atoms with Crippen LogP contribution >= 0.6 is 0 Å². The van der Waals surface area contributed by atoms with Gasteiger partial charge in [-0.3, -0.25) is 4.79 Å². The Balaban J connectivity index is 3.50. The molecule has 0 spiro atoms. The number of unbranched alkanes of at least 4 members (excludes halogenated alkanes) is 15. The highest BCUT2D eigenvalue weighted by Crippen LogP contribution is 2.11. The van der Waals surface area contributed by atoms with Gasteiger partial charge < -0.3 is 14.6 Å². The summed E-state index contributed by atoms with van der Waals surface area (Å²) >= 11 is 0. The van der Waals surface area contributed by atoms with Crippen LogP contribution in [-0.2, 0) is 14.3 Å². The second kappa shape index (κ2) is 37.3. The zero-order chi connectivity index (χ0) is 32.0. The summed E-state index contributed by atoms with van der Waals surface area (Å²) in [6.45, 7) is 5.16. The van der Waals surface area contributed by atoms with Gasteiger partial charge in [-0.2, -0.15) is 0 Å². The Bertz CT molecular complexity index is 734. The molecule has 0 aliphatic heterocycles. The molecule has 0 saturated carbocycles. The minimum absolute atomic E-state index is 0.189. The molecule has 0 bridgehead atoms. The fourth-order valence-corrected chi connectivity index (χ4v) is 4.84. The third kappa shape index (κ3) is 34.6. The van der Waals surface area contributed by atoms with E-state index in [4.69, 9.17) is 9.47 Å². The number of aliphatic hydroxyl groups excluding tert-OH is 1. The summed E-state index contributed by atoms with van der Waals surface area (Å²) in [6.07, 6.45) is 48.3. The van der Waals surface area contributed by atoms with Crippen molar-refractivity contribution in [1.82, 2.24) is 0 Å². The Morgan fingerprint density at radius 1 is 0.568 bits per heavy atom. The van der Waals surface area contributed by atoms with Gasteiger partial charge in [0.1, 0.15) is 6.10 Å². The maximum absolute atomic E-state index is 12.1. The SMILES string of the molecule is CC/C=C\C/C=C\C/C=C\CCCCCC(=O)OC(CO)COCCCCCCCCCC/C=C\C/C=C\CCCCCC. The van der Waals surface area contributed by atoms with E-state index in [1.165, 1.54) is 83.5 Å². The lowest BCUT2D eigenvalue weighted by Gasteiger charge is -2.15. The maximum Gasteiger partial charge on any atom is 0.306 e. The van der Waals surface area contributed by atoms with Crippen molar-refractivity contribution < 1.29 is 19.4 Å². The number of hydrogen-bond donors (Lipinski definition) is 1. The van der Waals surface area contributed by atoms with Crippen LogP contribution in [0, 0.1) is 0 Å². The van der Waals surface area contributed by atoms with Crippen molar-refractivity contribution in [3.63, 3.8) is 0 Å². The molecule has 0 amide bonds. The lowest BCUT2D eigenvalue weighted by atomic mass is 10.1. The summed E-state index contributed by atoms with van der Waals surface area (Å²) in [5, 5.41) is 9.55. The molecule has 0 rings (SSSR count). The number of esters is 1. The molecular weight excluding hydrogens is 544 g/mol. The van der Waals surface area contributed by atoms with Gasteiger partial charge in [-0.1, -0.05) is 139 Å². The van der Waals surface area contributed by atoms with Crippen LogP contribution in [0.3, 0.4) is 0 Å². The molecule has 1 N–H and O–H groups in total. The van der Waals surface area contributed by atoms with Crippen molar-refractivity contribution in [3.05, 3.63) is 60.8 Å². The van der Waals surface area contributed by atoms with E-state index in [2.05, 4.69) is 74.6 Å². The van der Waals surface area contributed by atoms with Crippen LogP contribution in [-0.4, -0.2) is 37.0 Å². The summed E-state index contributed by atoms with van der Waals surface area (Å²) < 4.78 is 11.1. The van der Waals surface area contributed by atoms with Gasteiger partial charge in [0.05, 0.1) is 13.2 Å². The third-order valence-electron chi connectivity index (χ3n) is 7.58. The first-order chi connectivity index (χ1) is 21.7. The average Bonchev–Trinajstić information content (AvgIpc) is 3.03. The molecule has 44 heavy (non-hydrogen) atoms. The van der Waals surface area contributed by atoms with E-state index in [9.17, 15) is 9.90 Å². The van der Waals surface area contributed by atoms with Gasteiger partial charge in [0.15, 0.2) is 0 Å². The molecule has 4 nitrogen and oxygen atoms in total. The molecule has 0 aromatic rings. The van der Waals surface area contributed by atoms with Crippen molar-refractivity contribution >= 4 is 5.97 Å². The Morgan fingerprint density at radius 3 is 1.55 bits per heavy atom. The lowest BCUT2D eigenvalue weighted by molar-refractivity contribution is -0.154. The first-order valence-electron chi connectivity index (χ1n) is 18.4. The molecule has 1 unspecified atom stereocenters. The van der Waals surface area contributed by atoms with Gasteiger partial charge >= 0.3 is 5.97 Å². The molecular formula is C40H70O4. The summed E-state index contributed by atoms with van der Waals surface area (Å²) in [5.74, 6) is -0.234. The molecule has 0 aliphatic carbocycles. The van der Waals surface area contributed by atoms with E-state index in [0.29, 0.717) is 13.0 Å². The molecule has 1 atom stereocenters. The lowest BCUT2D eigenvalue weighted by Crippen LogP contribution is -2.27. The molecule has 0 radical (unpaired) electrons. The number of hydrogen-bond acceptors (Lipinski definition) is 4. The largest absolute Gasteiger partial charge is 0.457 e. The molecule has 0 aromatic carbocycles. The van der Waals surface area contributed by atoms with Gasteiger partial charge in [0.2, 0.25) is 0 Å². The van der Waals surface area contributed by atoms with Crippen molar-refractivity contribution in [2.45, 2.75) is 168 Å². The van der Waals surface area contributed by atoms with Gasteiger partial charge in [-0.15, -0.1) is 0 Å². The fourth-order valence-electron chi connectivity index (χ4n) is 4.84. The highest BCUT2D eigenvalue weighted by molar-refractivity contribution is 5.69. The Hall–Kier alpha value is -1.91. The van der Waals surface area contributed by atoms with Gasteiger partial charge in [-0.25, -0.2) is 0 Å². The Kier molecular flexibility index (Phi) is 35.7. The quantitative estimate of drug-likeness (QED) is 0.0454. The minimum atomic E-state index is -0.553. The van der Waals surface area contributed by atoms with Crippen LogP contribution in [0.4, 0.5) is 0 Å². The van der Waals surface area contributed by atoms with Crippen molar-refractivity contribution in [1.29, 1.82) is 0 Å². The number of carbonyl (C=O) groups excluding carboxylic acids is 1. The van der Waals surface area contributed by atoms with Crippen molar-refractivity contribution in [3.8, 4) is 0 Å². The topological polar surface area (TPSA) is 55.8 Å². The number of aliphatic hydroxyl groups is 1. The summed E-state index contributed by atoms with van der Waals surface area (Å²) in [7, 11) is 0. The van der Waals surface area contributed by atoms with Crippen LogP contribution in [0.15, 0.2) is 60.8 Å². The van der Waals surface area contributed by atoms with Gasteiger partial charge in [-0.05, 0) is 77.0 Å². The second-order valence-electron chi connectivity index (χ2n) is 11.9. The monoisotopic (exact) mass is 615 g/mol. The zero-order valence-electron chi connectivity index (χ0n) is 28.9. The molecule has 0 saturated heterocycles. The van der Waals surface area contributed by atoms with E-state index < -0.39 is 6.10 Å². The van der Waals surface area contributed by atoms with Crippen LogP contribution < -0.4 is 0 Å². The fraction of sp³-hybridized carbons (Fsp3) is 0.725. The number of ether oxygens (including phenoxy) is 2. The second-order valence-corrected chi connectivity index (χ2v) is 11.9. The Morgan fingerprint density at radius 2 is 1.02 bits per heavy atom. The first-order valence-corrected chi connectivity index (χ1v) is 18.4. The Labute approximate surface area is 273 Å². The molecule has 0 heterocycles. The van der Waals surface area contributed by atoms with Crippen LogP contribution in [0.1, 0.15) is 162 Å². The third-order valence-corrected chi connectivity index (χ3v) is 7.58. The van der Waals surface area contributed by atoms with Crippen molar-refractivity contribution in [2.75, 3.05) is 19.8 Å². The number of carbonyl (C=O) groups is 1. The van der Waals surface area contributed by atoms with Gasteiger partial charge in [0, 0.05) is 13.0 Å². The molecule has 254 valence electrons. The smallest absolute Gasteiger partial charge is 0.306 e. The molecule has 0 aromatic heterocycles. The summed E-state index contributed by atoms with van der Waals surface area (Å²) in [5.41, 5.74) is 0. The van der Waals surface area contributed by atoms with E-state index in [1.54, 1.807) is 0 Å². The zero-order valence-corrected chi connectivity index (χ0v) is 28.9. The van der Waals surface area contributed by atoms with Crippen LogP contribution in [0.5, 0.6) is 0 Å². The van der Waals surface area contributed by atoms with Crippen LogP contribution in [0.25, 0.3) is 0 Å². The summed E-state index contributed by atoms with van der Waals surface area (Å²) in [4.78, 5) is 12.1. The normalized spacial score (nSPS) is 13.1. The number of allylic oxidation sites excluding steroid dienone is 10. The molecule has 4 heteroatoms. The predicted octanol–water partition coefficient (Wildman–Crippen LogP) is 11.7. The van der Waals surface area contributed by atoms with E-state index in [-0.39, 0.29) is 19.2 Å². The van der Waals surface area contributed by atoms with Gasteiger partial charge in [0.25, 0.3) is 0 Å². The van der Waals surface area contributed by atoms with Crippen LogP contribution in [0.2, 0.25) is 0 Å². The highest BCUT2D eigenvalue weighted by Gasteiger charge is 2.13. The van der Waals surface area contributed by atoms with E-state index in [1.807, 2.05) is 0 Å². The summed E-state index contributed by atoms with van der Waals surface area (Å²) in [6, 6.07) is 0. The van der Waals surface area contributed by atoms with E-state index in [0.717, 1.165) is 57.8 Å². The predicted molar refractivity (Wildman–Crippen MR) is 191 cm³/mol. The first kappa shape index (κ1) is 42.1. The maximum atomic E-state index is 12.1. The number of rotatable bonds is 33. The molecule has 0 fully saturated rings. The average molecular weight is 615 g/mol. The highest BCUT2D eigenvalue weighted by atomic mass is 16.6.